The molecule has 0 aromatic heterocycles. The molecule has 64 valence electrons. The van der Waals surface area contributed by atoms with Gasteiger partial charge in [0.15, 0.2) is 0 Å². The summed E-state index contributed by atoms with van der Waals surface area (Å²) in [4.78, 5) is 0. The Hall–Kier alpha value is -0.990. The van der Waals surface area contributed by atoms with Gasteiger partial charge in [0.1, 0.15) is 5.75 Å². The van der Waals surface area contributed by atoms with Gasteiger partial charge in [-0.05, 0) is 18.2 Å². The molecule has 0 spiro atoms. The Morgan fingerprint density at radius 2 is 2.25 bits per heavy atom. The van der Waals surface area contributed by atoms with Gasteiger partial charge in [-0.25, -0.2) is 0 Å². The van der Waals surface area contributed by atoms with E-state index >= 15 is 0 Å². The zero-order valence-electron chi connectivity index (χ0n) is 6.50. The molecule has 3 N–H and O–H groups in total. The summed E-state index contributed by atoms with van der Waals surface area (Å²) in [5.41, 5.74) is 5.95. The highest BCUT2D eigenvalue weighted by atomic mass is 35.5. The smallest absolute Gasteiger partial charge is 0.122 e. The first-order chi connectivity index (χ1) is 5.74. The number of aromatic hydroxyl groups is 1. The van der Waals surface area contributed by atoms with Crippen molar-refractivity contribution in [2.75, 3.05) is 6.54 Å². The zero-order chi connectivity index (χ0) is 8.97. The molecule has 0 heterocycles. The van der Waals surface area contributed by atoms with Gasteiger partial charge in [-0.2, -0.15) is 0 Å². The van der Waals surface area contributed by atoms with Gasteiger partial charge in [0.2, 0.25) is 0 Å². The predicted octanol–water partition coefficient (Wildman–Crippen LogP) is 2.02. The van der Waals surface area contributed by atoms with Crippen LogP contribution in [-0.4, -0.2) is 11.7 Å². The minimum absolute atomic E-state index is 0.212. The van der Waals surface area contributed by atoms with Crippen LogP contribution in [0.4, 0.5) is 0 Å². The van der Waals surface area contributed by atoms with Crippen LogP contribution in [0, 0.1) is 0 Å². The molecule has 0 radical (unpaired) electrons. The van der Waals surface area contributed by atoms with Crippen LogP contribution < -0.4 is 5.73 Å². The predicted molar refractivity (Wildman–Crippen MR) is 51.2 cm³/mol. The number of benzene rings is 1. The minimum Gasteiger partial charge on any atom is -0.507 e. The van der Waals surface area contributed by atoms with Gasteiger partial charge in [-0.15, -0.1) is 0 Å². The maximum Gasteiger partial charge on any atom is 0.122 e. The number of rotatable bonds is 2. The van der Waals surface area contributed by atoms with Crippen LogP contribution in [0.15, 0.2) is 24.3 Å². The van der Waals surface area contributed by atoms with Crippen LogP contribution in [-0.2, 0) is 0 Å². The van der Waals surface area contributed by atoms with E-state index in [1.807, 2.05) is 0 Å². The van der Waals surface area contributed by atoms with Crippen LogP contribution in [0.25, 0.3) is 6.08 Å². The van der Waals surface area contributed by atoms with Crippen molar-refractivity contribution in [1.29, 1.82) is 0 Å². The lowest BCUT2D eigenvalue weighted by Gasteiger charge is -1.98. The number of hydrogen-bond acceptors (Lipinski definition) is 2. The molecule has 0 saturated carbocycles. The Bertz CT molecular complexity index is 297. The summed E-state index contributed by atoms with van der Waals surface area (Å²) in [7, 11) is 0. The summed E-state index contributed by atoms with van der Waals surface area (Å²) < 4.78 is 0. The molecule has 0 bridgehead atoms. The molecule has 0 fully saturated rings. The van der Waals surface area contributed by atoms with Gasteiger partial charge in [0.05, 0.1) is 0 Å². The molecule has 3 heteroatoms. The van der Waals surface area contributed by atoms with E-state index < -0.39 is 0 Å². The van der Waals surface area contributed by atoms with Crippen LogP contribution in [0.2, 0.25) is 5.02 Å². The molecule has 1 aromatic carbocycles. The molecular weight excluding hydrogens is 174 g/mol. The second kappa shape index (κ2) is 4.14. The van der Waals surface area contributed by atoms with Crippen molar-refractivity contribution in [3.63, 3.8) is 0 Å². The van der Waals surface area contributed by atoms with Crippen molar-refractivity contribution in [3.05, 3.63) is 34.9 Å². The monoisotopic (exact) mass is 183 g/mol. The molecule has 0 atom stereocenters. The van der Waals surface area contributed by atoms with Crippen molar-refractivity contribution >= 4 is 17.7 Å². The van der Waals surface area contributed by atoms with E-state index in [1.54, 1.807) is 30.4 Å². The third kappa shape index (κ3) is 2.26. The molecule has 1 rings (SSSR count). The third-order valence-electron chi connectivity index (χ3n) is 1.42. The van der Waals surface area contributed by atoms with Crippen LogP contribution in [0.5, 0.6) is 5.75 Å². The fraction of sp³-hybridized carbons (Fsp3) is 0.111. The van der Waals surface area contributed by atoms with E-state index in [4.69, 9.17) is 17.3 Å². The van der Waals surface area contributed by atoms with E-state index in [-0.39, 0.29) is 5.75 Å². The van der Waals surface area contributed by atoms with E-state index in [0.717, 1.165) is 0 Å². The molecule has 0 amide bonds. The van der Waals surface area contributed by atoms with E-state index in [9.17, 15) is 5.11 Å². The van der Waals surface area contributed by atoms with Crippen LogP contribution in [0.1, 0.15) is 5.56 Å². The van der Waals surface area contributed by atoms with E-state index in [0.29, 0.717) is 17.1 Å². The van der Waals surface area contributed by atoms with E-state index in [1.165, 1.54) is 0 Å². The van der Waals surface area contributed by atoms with Crippen LogP contribution in [0.3, 0.4) is 0 Å². The van der Waals surface area contributed by atoms with Gasteiger partial charge in [-0.1, -0.05) is 23.8 Å². The summed E-state index contributed by atoms with van der Waals surface area (Å²) in [5, 5.41) is 9.91. The minimum atomic E-state index is 0.212. The molecule has 0 unspecified atom stereocenters. The first kappa shape index (κ1) is 9.10. The SMILES string of the molecule is NC/C=C/c1cc(Cl)ccc1O. The van der Waals surface area contributed by atoms with E-state index in [2.05, 4.69) is 0 Å². The Balaban J connectivity index is 2.97. The molecule has 0 aliphatic carbocycles. The average molecular weight is 184 g/mol. The molecular formula is C9H10ClNO. The maximum atomic E-state index is 9.31. The van der Waals surface area contributed by atoms with Crippen LogP contribution >= 0.6 is 11.6 Å². The van der Waals surface area contributed by atoms with Crippen molar-refractivity contribution in [1.82, 2.24) is 0 Å². The normalized spacial score (nSPS) is 10.8. The second-order valence-electron chi connectivity index (χ2n) is 2.34. The Morgan fingerprint density at radius 1 is 1.50 bits per heavy atom. The van der Waals surface area contributed by atoms with Gasteiger partial charge in [-0.3, -0.25) is 0 Å². The third-order valence-corrected chi connectivity index (χ3v) is 1.66. The molecule has 0 saturated heterocycles. The highest BCUT2D eigenvalue weighted by Gasteiger charge is 1.96. The van der Waals surface area contributed by atoms with Crippen molar-refractivity contribution < 1.29 is 5.11 Å². The molecule has 0 aliphatic heterocycles. The highest BCUT2D eigenvalue weighted by Crippen LogP contribution is 2.22. The summed E-state index contributed by atoms with van der Waals surface area (Å²) in [6, 6.07) is 4.87. The van der Waals surface area contributed by atoms with Crippen molar-refractivity contribution in [3.8, 4) is 5.75 Å². The molecule has 12 heavy (non-hydrogen) atoms. The molecule has 0 aliphatic rings. The fourth-order valence-electron chi connectivity index (χ4n) is 0.854. The topological polar surface area (TPSA) is 46.2 Å². The van der Waals surface area contributed by atoms with Gasteiger partial charge in [0.25, 0.3) is 0 Å². The van der Waals surface area contributed by atoms with Gasteiger partial charge in [0, 0.05) is 17.1 Å². The quantitative estimate of drug-likeness (QED) is 0.737. The number of hydrogen-bond donors (Lipinski definition) is 2. The maximum absolute atomic E-state index is 9.31. The summed E-state index contributed by atoms with van der Waals surface area (Å²) >= 11 is 5.72. The number of phenolic OH excluding ortho intramolecular Hbond substituents is 1. The van der Waals surface area contributed by atoms with Gasteiger partial charge >= 0.3 is 0 Å². The molecule has 1 aromatic rings. The van der Waals surface area contributed by atoms with Crippen molar-refractivity contribution in [2.45, 2.75) is 0 Å². The number of halogens is 1. The average Bonchev–Trinajstić information content (AvgIpc) is 2.07. The summed E-state index contributed by atoms with van der Waals surface area (Å²) in [6.45, 7) is 0.450. The number of nitrogens with two attached hydrogens (primary N) is 1. The lowest BCUT2D eigenvalue weighted by atomic mass is 10.2. The highest BCUT2D eigenvalue weighted by molar-refractivity contribution is 6.30. The zero-order valence-corrected chi connectivity index (χ0v) is 7.25. The number of phenols is 1. The summed E-state index contributed by atoms with van der Waals surface area (Å²) in [6.07, 6.45) is 3.49. The Morgan fingerprint density at radius 3 is 2.92 bits per heavy atom. The summed E-state index contributed by atoms with van der Waals surface area (Å²) in [5.74, 6) is 0.212. The Kier molecular flexibility index (Phi) is 3.14. The Labute approximate surface area is 76.3 Å². The second-order valence-corrected chi connectivity index (χ2v) is 2.78. The first-order valence-electron chi connectivity index (χ1n) is 3.59. The van der Waals surface area contributed by atoms with Gasteiger partial charge < -0.3 is 10.8 Å². The standard InChI is InChI=1S/C9H10ClNO/c10-8-3-4-9(12)7(6-8)2-1-5-11/h1-4,6,12H,5,11H2/b2-1+. The lowest BCUT2D eigenvalue weighted by Crippen LogP contribution is -1.91. The van der Waals surface area contributed by atoms with Crippen molar-refractivity contribution in [2.24, 2.45) is 5.73 Å². The molecule has 2 nitrogen and oxygen atoms in total. The first-order valence-corrected chi connectivity index (χ1v) is 3.97. The lowest BCUT2D eigenvalue weighted by molar-refractivity contribution is 0.474. The fourth-order valence-corrected chi connectivity index (χ4v) is 1.03. The largest absolute Gasteiger partial charge is 0.507 e.